The second kappa shape index (κ2) is 9.27. The van der Waals surface area contributed by atoms with E-state index in [0.717, 1.165) is 54.5 Å². The molecule has 0 unspecified atom stereocenters. The Kier molecular flexibility index (Phi) is 7.33. The van der Waals surface area contributed by atoms with Gasteiger partial charge in [0.1, 0.15) is 0 Å². The second-order valence-corrected chi connectivity index (χ2v) is 7.69. The molecular formula is C23H33NO2. The number of hydrogen-bond acceptors (Lipinski definition) is 3. The number of allylic oxidation sites excluding steroid dienone is 1. The normalized spacial score (nSPS) is 21.1. The van der Waals surface area contributed by atoms with E-state index in [1.807, 2.05) is 19.1 Å². The maximum atomic E-state index is 13.1. The molecule has 0 bridgehead atoms. The molecule has 1 aromatic carbocycles. The first-order valence-corrected chi connectivity index (χ1v) is 9.80. The third-order valence-corrected chi connectivity index (χ3v) is 5.68. The largest absolute Gasteiger partial charge is 0.381 e. The zero-order valence-corrected chi connectivity index (χ0v) is 17.0. The summed E-state index contributed by atoms with van der Waals surface area (Å²) in [6.07, 6.45) is 7.25. The minimum Gasteiger partial charge on any atom is -0.381 e. The average Bonchev–Trinajstić information content (AvgIpc) is 2.65. The number of hydrogen-bond donors (Lipinski definition) is 0. The molecule has 1 aliphatic rings. The lowest BCUT2D eigenvalue weighted by molar-refractivity contribution is 0.0519. The second-order valence-electron chi connectivity index (χ2n) is 7.69. The summed E-state index contributed by atoms with van der Waals surface area (Å²) in [5, 5.41) is 0. The first kappa shape index (κ1) is 20.6. The highest BCUT2D eigenvalue weighted by Gasteiger charge is 2.28. The zero-order chi connectivity index (χ0) is 19.3. The maximum absolute atomic E-state index is 13.1. The average molecular weight is 356 g/mol. The van der Waals surface area contributed by atoms with Crippen LogP contribution in [0.5, 0.6) is 0 Å². The van der Waals surface area contributed by atoms with Crippen LogP contribution in [0.2, 0.25) is 0 Å². The maximum Gasteiger partial charge on any atom is 0.166 e. The van der Waals surface area contributed by atoms with Crippen LogP contribution in [0.25, 0.3) is 6.08 Å². The molecule has 1 fully saturated rings. The molecule has 0 radical (unpaired) electrons. The molecule has 0 aliphatic heterocycles. The molecular weight excluding hydrogens is 322 g/mol. The van der Waals surface area contributed by atoms with Gasteiger partial charge >= 0.3 is 0 Å². The van der Waals surface area contributed by atoms with E-state index in [1.165, 1.54) is 5.57 Å². The number of aryl methyl sites for hydroxylation is 1. The number of carbonyl (C=O) groups excluding carboxylic acids is 1. The van der Waals surface area contributed by atoms with Crippen LogP contribution < -0.4 is 0 Å². The predicted octanol–water partition coefficient (Wildman–Crippen LogP) is 6.16. The third-order valence-electron chi connectivity index (χ3n) is 5.68. The summed E-state index contributed by atoms with van der Waals surface area (Å²) in [5.74, 6) is 0.850. The van der Waals surface area contributed by atoms with Crippen molar-refractivity contribution in [3.63, 3.8) is 0 Å². The highest BCUT2D eigenvalue weighted by Crippen LogP contribution is 2.33. The molecule has 0 aromatic heterocycles. The lowest BCUT2D eigenvalue weighted by atomic mass is 9.81. The summed E-state index contributed by atoms with van der Waals surface area (Å²) in [6, 6.07) is 4.03. The number of Topliss-reactive ketones (excluding diaryl/α,β-unsaturated/α-hetero) is 1. The van der Waals surface area contributed by atoms with Crippen molar-refractivity contribution < 1.29 is 9.53 Å². The number of rotatable bonds is 7. The molecule has 0 spiro atoms. The summed E-state index contributed by atoms with van der Waals surface area (Å²) < 4.78 is 5.44. The summed E-state index contributed by atoms with van der Waals surface area (Å²) >= 11 is 0. The molecule has 3 nitrogen and oxygen atoms in total. The molecule has 0 heterocycles. The number of ketones is 1. The minimum absolute atomic E-state index is 0.107. The lowest BCUT2D eigenvalue weighted by Gasteiger charge is -2.27. The smallest absolute Gasteiger partial charge is 0.166 e. The molecule has 142 valence electrons. The van der Waals surface area contributed by atoms with Crippen molar-refractivity contribution in [3.05, 3.63) is 34.4 Å². The molecule has 0 atom stereocenters. The minimum atomic E-state index is 0.107. The Morgan fingerprint density at radius 3 is 2.46 bits per heavy atom. The van der Waals surface area contributed by atoms with Gasteiger partial charge in [-0.05, 0) is 69.4 Å². The van der Waals surface area contributed by atoms with Gasteiger partial charge in [-0.25, -0.2) is 0 Å². The van der Waals surface area contributed by atoms with Gasteiger partial charge in [0.15, 0.2) is 5.78 Å². The van der Waals surface area contributed by atoms with Gasteiger partial charge in [0.05, 0.1) is 11.8 Å². The van der Waals surface area contributed by atoms with Crippen molar-refractivity contribution in [3.8, 4) is 0 Å². The van der Waals surface area contributed by atoms with Crippen molar-refractivity contribution in [2.75, 3.05) is 7.11 Å². The Bertz CT molecular complexity index is 680. The predicted molar refractivity (Wildman–Crippen MR) is 111 cm³/mol. The fourth-order valence-electron chi connectivity index (χ4n) is 3.88. The fourth-order valence-corrected chi connectivity index (χ4v) is 3.88. The summed E-state index contributed by atoms with van der Waals surface area (Å²) in [5.41, 5.74) is 5.05. The Morgan fingerprint density at radius 2 is 1.96 bits per heavy atom. The SMILES string of the molecule is C=Nc1cc(C)c(C(=O)C2CCC(OC)CC2)cc1/C=C(/CC)C(C)C. The van der Waals surface area contributed by atoms with Crippen molar-refractivity contribution in [2.45, 2.75) is 65.9 Å². The van der Waals surface area contributed by atoms with Crippen LogP contribution in [0.1, 0.15) is 74.4 Å². The van der Waals surface area contributed by atoms with E-state index in [4.69, 9.17) is 4.74 Å². The molecule has 26 heavy (non-hydrogen) atoms. The van der Waals surface area contributed by atoms with Gasteiger partial charge in [-0.15, -0.1) is 0 Å². The van der Waals surface area contributed by atoms with Crippen LogP contribution in [-0.2, 0) is 4.74 Å². The van der Waals surface area contributed by atoms with Gasteiger partial charge in [-0.2, -0.15) is 0 Å². The number of ether oxygens (including phenoxy) is 1. The number of benzene rings is 1. The van der Waals surface area contributed by atoms with E-state index in [2.05, 4.69) is 38.6 Å². The number of nitrogens with zero attached hydrogens (tertiary/aromatic N) is 1. The van der Waals surface area contributed by atoms with Crippen molar-refractivity contribution in [1.82, 2.24) is 0 Å². The Balaban J connectivity index is 2.36. The number of methoxy groups -OCH3 is 1. The fraction of sp³-hybridized carbons (Fsp3) is 0.565. The van der Waals surface area contributed by atoms with Crippen molar-refractivity contribution in [2.24, 2.45) is 16.8 Å². The van der Waals surface area contributed by atoms with Crippen LogP contribution in [0, 0.1) is 18.8 Å². The topological polar surface area (TPSA) is 38.7 Å². The molecule has 1 saturated carbocycles. The summed E-state index contributed by atoms with van der Waals surface area (Å²) in [6.45, 7) is 12.3. The van der Waals surface area contributed by atoms with Gasteiger partial charge in [0.25, 0.3) is 0 Å². The van der Waals surface area contributed by atoms with Crippen LogP contribution in [0.3, 0.4) is 0 Å². The van der Waals surface area contributed by atoms with Gasteiger partial charge < -0.3 is 4.74 Å². The first-order valence-electron chi connectivity index (χ1n) is 9.80. The van der Waals surface area contributed by atoms with Crippen LogP contribution in [0.4, 0.5) is 5.69 Å². The van der Waals surface area contributed by atoms with Gasteiger partial charge in [0.2, 0.25) is 0 Å². The van der Waals surface area contributed by atoms with Crippen LogP contribution in [0.15, 0.2) is 22.7 Å². The monoisotopic (exact) mass is 355 g/mol. The number of carbonyl (C=O) groups is 1. The summed E-state index contributed by atoms with van der Waals surface area (Å²) in [7, 11) is 1.76. The molecule has 0 amide bonds. The lowest BCUT2D eigenvalue weighted by Crippen LogP contribution is -2.26. The molecule has 0 saturated heterocycles. The zero-order valence-electron chi connectivity index (χ0n) is 17.0. The van der Waals surface area contributed by atoms with E-state index < -0.39 is 0 Å². The van der Waals surface area contributed by atoms with Gasteiger partial charge in [-0.1, -0.05) is 32.4 Å². The van der Waals surface area contributed by atoms with Crippen LogP contribution >= 0.6 is 0 Å². The van der Waals surface area contributed by atoms with E-state index in [-0.39, 0.29) is 11.7 Å². The summed E-state index contributed by atoms with van der Waals surface area (Å²) in [4.78, 5) is 17.3. The van der Waals surface area contributed by atoms with Crippen LogP contribution in [-0.4, -0.2) is 25.7 Å². The van der Waals surface area contributed by atoms with Gasteiger partial charge in [-0.3, -0.25) is 9.79 Å². The Labute approximate surface area is 158 Å². The standard InChI is InChI=1S/C23H33NO2/c1-7-17(15(2)3)13-19-14-21(16(4)12-22(19)24-5)23(25)18-8-10-20(26-6)11-9-18/h12-15,18,20H,5,7-11H2,1-4,6H3/b17-13-. The Hall–Kier alpha value is -1.74. The number of aliphatic imine (C=N–C) groups is 1. The molecule has 0 N–H and O–H groups in total. The highest BCUT2D eigenvalue weighted by molar-refractivity contribution is 6.00. The molecule has 3 heteroatoms. The highest BCUT2D eigenvalue weighted by atomic mass is 16.5. The van der Waals surface area contributed by atoms with Gasteiger partial charge in [0, 0.05) is 24.2 Å². The third kappa shape index (κ3) is 4.70. The Morgan fingerprint density at radius 1 is 1.31 bits per heavy atom. The first-order chi connectivity index (χ1) is 12.4. The molecule has 2 rings (SSSR count). The molecule has 1 aromatic rings. The van der Waals surface area contributed by atoms with E-state index in [0.29, 0.717) is 12.0 Å². The molecule has 1 aliphatic carbocycles. The van der Waals surface area contributed by atoms with E-state index in [1.54, 1.807) is 7.11 Å². The quantitative estimate of drug-likeness (QED) is 0.434. The van der Waals surface area contributed by atoms with E-state index >= 15 is 0 Å². The van der Waals surface area contributed by atoms with Crippen molar-refractivity contribution in [1.29, 1.82) is 0 Å². The van der Waals surface area contributed by atoms with E-state index in [9.17, 15) is 4.79 Å². The van der Waals surface area contributed by atoms with Crippen molar-refractivity contribution >= 4 is 24.3 Å².